The maximum atomic E-state index is 6.04. The Morgan fingerprint density at radius 3 is 2.50 bits per heavy atom. The van der Waals surface area contributed by atoms with Crippen LogP contribution in [0.25, 0.3) is 0 Å². The Kier molecular flexibility index (Phi) is 5.58. The van der Waals surface area contributed by atoms with Crippen LogP contribution in [0.15, 0.2) is 24.3 Å². The number of rotatable bonds is 6. The molecule has 1 saturated heterocycles. The monoisotopic (exact) mass is 276 g/mol. The van der Waals surface area contributed by atoms with Gasteiger partial charge in [0.2, 0.25) is 0 Å². The molecular weight excluding hydrogens is 248 g/mol. The van der Waals surface area contributed by atoms with E-state index in [4.69, 9.17) is 10.5 Å². The minimum absolute atomic E-state index is 0.357. The average Bonchev–Trinajstić information content (AvgIpc) is 2.92. The number of nitrogens with zero attached hydrogens (tertiary/aromatic N) is 1. The molecule has 1 aromatic rings. The highest BCUT2D eigenvalue weighted by molar-refractivity contribution is 5.25. The first-order valence-corrected chi connectivity index (χ1v) is 7.67. The van der Waals surface area contributed by atoms with Gasteiger partial charge in [0.25, 0.3) is 0 Å². The van der Waals surface area contributed by atoms with E-state index in [1.165, 1.54) is 30.6 Å². The van der Waals surface area contributed by atoms with E-state index >= 15 is 0 Å². The van der Waals surface area contributed by atoms with Crippen LogP contribution in [0.5, 0.6) is 0 Å². The zero-order valence-corrected chi connectivity index (χ0v) is 13.0. The number of hydrogen-bond acceptors (Lipinski definition) is 3. The first-order chi connectivity index (χ1) is 9.65. The van der Waals surface area contributed by atoms with Crippen LogP contribution >= 0.6 is 0 Å². The highest BCUT2D eigenvalue weighted by atomic mass is 16.5. The van der Waals surface area contributed by atoms with Crippen molar-refractivity contribution in [2.75, 3.05) is 26.7 Å². The molecule has 2 N–H and O–H groups in total. The van der Waals surface area contributed by atoms with E-state index in [0.29, 0.717) is 19.2 Å². The van der Waals surface area contributed by atoms with E-state index in [1.54, 1.807) is 7.11 Å². The van der Waals surface area contributed by atoms with E-state index in [1.807, 2.05) is 0 Å². The highest BCUT2D eigenvalue weighted by Gasteiger charge is 2.29. The van der Waals surface area contributed by atoms with Crippen LogP contribution in [0.2, 0.25) is 0 Å². The van der Waals surface area contributed by atoms with Gasteiger partial charge in [-0.25, -0.2) is 0 Å². The maximum absolute atomic E-state index is 6.04. The molecule has 2 rings (SSSR count). The zero-order chi connectivity index (χ0) is 14.5. The third-order valence-electron chi connectivity index (χ3n) is 4.54. The third kappa shape index (κ3) is 3.60. The number of nitrogens with two attached hydrogens (primary N) is 1. The number of hydrogen-bond donors (Lipinski definition) is 1. The first kappa shape index (κ1) is 15.5. The van der Waals surface area contributed by atoms with Gasteiger partial charge in [0.1, 0.15) is 0 Å². The van der Waals surface area contributed by atoms with Gasteiger partial charge in [-0.3, -0.25) is 4.90 Å². The molecule has 0 aliphatic carbocycles. The van der Waals surface area contributed by atoms with E-state index in [0.717, 1.165) is 11.8 Å². The summed E-state index contributed by atoms with van der Waals surface area (Å²) in [4.78, 5) is 2.55. The molecule has 0 amide bonds. The standard InChI is InChI=1S/C17H28N2O/c1-13(2)16-8-9-19(11-16)17(10-18)15-6-4-14(5-7-15)12-20-3/h4-7,13,16-17H,8-12,18H2,1-3H3. The van der Waals surface area contributed by atoms with Crippen molar-refractivity contribution in [2.45, 2.75) is 32.9 Å². The van der Waals surface area contributed by atoms with E-state index in [2.05, 4.69) is 43.0 Å². The number of ether oxygens (including phenoxy) is 1. The fraction of sp³-hybridized carbons (Fsp3) is 0.647. The summed E-state index contributed by atoms with van der Waals surface area (Å²) in [6, 6.07) is 9.06. The molecule has 2 atom stereocenters. The van der Waals surface area contributed by atoms with Crippen molar-refractivity contribution in [3.05, 3.63) is 35.4 Å². The van der Waals surface area contributed by atoms with Crippen molar-refractivity contribution in [1.82, 2.24) is 4.90 Å². The quantitative estimate of drug-likeness (QED) is 0.868. The van der Waals surface area contributed by atoms with Crippen molar-refractivity contribution >= 4 is 0 Å². The summed E-state index contributed by atoms with van der Waals surface area (Å²) in [5.41, 5.74) is 8.58. The molecule has 3 nitrogen and oxygen atoms in total. The van der Waals surface area contributed by atoms with Gasteiger partial charge in [0.15, 0.2) is 0 Å². The number of methoxy groups -OCH3 is 1. The van der Waals surface area contributed by atoms with E-state index < -0.39 is 0 Å². The van der Waals surface area contributed by atoms with Crippen LogP contribution in [0.4, 0.5) is 0 Å². The van der Waals surface area contributed by atoms with Gasteiger partial charge >= 0.3 is 0 Å². The number of likely N-dealkylation sites (tertiary alicyclic amines) is 1. The van der Waals surface area contributed by atoms with Gasteiger partial charge in [0, 0.05) is 26.2 Å². The molecule has 1 aliphatic heterocycles. The molecule has 0 radical (unpaired) electrons. The highest BCUT2D eigenvalue weighted by Crippen LogP contribution is 2.30. The second-order valence-corrected chi connectivity index (χ2v) is 6.21. The summed E-state index contributed by atoms with van der Waals surface area (Å²) < 4.78 is 5.16. The van der Waals surface area contributed by atoms with Crippen molar-refractivity contribution in [3.8, 4) is 0 Å². The maximum Gasteiger partial charge on any atom is 0.0713 e. The summed E-state index contributed by atoms with van der Waals surface area (Å²) in [6.07, 6.45) is 1.30. The molecule has 2 unspecified atom stereocenters. The van der Waals surface area contributed by atoms with E-state index in [9.17, 15) is 0 Å². The molecule has 112 valence electrons. The van der Waals surface area contributed by atoms with Crippen molar-refractivity contribution < 1.29 is 4.74 Å². The second kappa shape index (κ2) is 7.21. The van der Waals surface area contributed by atoms with Gasteiger partial charge in [0.05, 0.1) is 6.61 Å². The molecule has 20 heavy (non-hydrogen) atoms. The summed E-state index contributed by atoms with van der Waals surface area (Å²) in [6.45, 7) is 8.36. The van der Waals surface area contributed by atoms with Crippen molar-refractivity contribution in [2.24, 2.45) is 17.6 Å². The lowest BCUT2D eigenvalue weighted by atomic mass is 9.95. The van der Waals surface area contributed by atoms with Crippen LogP contribution in [-0.2, 0) is 11.3 Å². The van der Waals surface area contributed by atoms with Gasteiger partial charge < -0.3 is 10.5 Å². The molecule has 0 spiro atoms. The SMILES string of the molecule is COCc1ccc(C(CN)N2CCC(C(C)C)C2)cc1. The number of benzene rings is 1. The lowest BCUT2D eigenvalue weighted by molar-refractivity contribution is 0.185. The van der Waals surface area contributed by atoms with Crippen LogP contribution in [-0.4, -0.2) is 31.6 Å². The topological polar surface area (TPSA) is 38.5 Å². The Balaban J connectivity index is 2.04. The smallest absolute Gasteiger partial charge is 0.0713 e. The summed E-state index contributed by atoms with van der Waals surface area (Å²) in [5.74, 6) is 1.58. The Labute approximate surface area is 123 Å². The van der Waals surface area contributed by atoms with Gasteiger partial charge in [-0.05, 0) is 35.9 Å². The molecule has 3 heteroatoms. The fourth-order valence-electron chi connectivity index (χ4n) is 3.14. The Morgan fingerprint density at radius 2 is 2.00 bits per heavy atom. The van der Waals surface area contributed by atoms with Crippen LogP contribution in [0.1, 0.15) is 37.4 Å². The average molecular weight is 276 g/mol. The summed E-state index contributed by atoms with van der Waals surface area (Å²) in [7, 11) is 1.73. The van der Waals surface area contributed by atoms with Crippen molar-refractivity contribution in [1.29, 1.82) is 0 Å². The van der Waals surface area contributed by atoms with E-state index in [-0.39, 0.29) is 0 Å². The molecule has 1 aliphatic rings. The van der Waals surface area contributed by atoms with Gasteiger partial charge in [-0.1, -0.05) is 38.1 Å². The van der Waals surface area contributed by atoms with Gasteiger partial charge in [-0.15, -0.1) is 0 Å². The minimum atomic E-state index is 0.357. The Morgan fingerprint density at radius 1 is 1.30 bits per heavy atom. The molecule has 1 heterocycles. The lowest BCUT2D eigenvalue weighted by Crippen LogP contribution is -2.32. The Bertz CT molecular complexity index is 402. The largest absolute Gasteiger partial charge is 0.380 e. The molecule has 0 saturated carbocycles. The molecule has 1 fully saturated rings. The van der Waals surface area contributed by atoms with Crippen LogP contribution in [0.3, 0.4) is 0 Å². The molecule has 1 aromatic carbocycles. The molecule has 0 aromatic heterocycles. The lowest BCUT2D eigenvalue weighted by Gasteiger charge is -2.28. The summed E-state index contributed by atoms with van der Waals surface area (Å²) >= 11 is 0. The molecular formula is C17H28N2O. The first-order valence-electron chi connectivity index (χ1n) is 7.67. The van der Waals surface area contributed by atoms with Crippen molar-refractivity contribution in [3.63, 3.8) is 0 Å². The zero-order valence-electron chi connectivity index (χ0n) is 13.0. The molecule has 0 bridgehead atoms. The fourth-order valence-corrected chi connectivity index (χ4v) is 3.14. The second-order valence-electron chi connectivity index (χ2n) is 6.21. The predicted molar refractivity (Wildman–Crippen MR) is 83.5 cm³/mol. The van der Waals surface area contributed by atoms with Crippen LogP contribution < -0.4 is 5.73 Å². The van der Waals surface area contributed by atoms with Gasteiger partial charge in [-0.2, -0.15) is 0 Å². The summed E-state index contributed by atoms with van der Waals surface area (Å²) in [5, 5.41) is 0. The third-order valence-corrected chi connectivity index (χ3v) is 4.54. The Hall–Kier alpha value is -0.900. The minimum Gasteiger partial charge on any atom is -0.380 e. The predicted octanol–water partition coefficient (Wildman–Crippen LogP) is 2.81. The van der Waals surface area contributed by atoms with Crippen LogP contribution in [0, 0.1) is 11.8 Å². The normalized spacial score (nSPS) is 21.6.